The number of hydrogen-bond acceptors (Lipinski definition) is 0. The van der Waals surface area contributed by atoms with Gasteiger partial charge in [-0.05, 0) is 10.4 Å². The topological polar surface area (TPSA) is 0 Å². The van der Waals surface area contributed by atoms with Crippen LogP contribution in [0.4, 0.5) is 0 Å². The van der Waals surface area contributed by atoms with E-state index < -0.39 is 12.4 Å². The van der Waals surface area contributed by atoms with Gasteiger partial charge in [-0.25, -0.2) is 0 Å². The summed E-state index contributed by atoms with van der Waals surface area (Å²) in [6.07, 6.45) is -5.87. The zero-order chi connectivity index (χ0) is 13.2. The van der Waals surface area contributed by atoms with Gasteiger partial charge in [0.05, 0.1) is 0 Å². The van der Waals surface area contributed by atoms with E-state index in [1.54, 1.807) is 0 Å². The molecule has 0 aliphatic rings. The molecule has 18 heavy (non-hydrogen) atoms. The number of hydrogen-bond donors (Lipinski definition) is 0. The smallest absolute Gasteiger partial charge is 0.140 e. The molecule has 0 aliphatic carbocycles. The first-order valence-corrected chi connectivity index (χ1v) is 14.4. The van der Waals surface area contributed by atoms with Gasteiger partial charge in [0, 0.05) is 0 Å². The van der Waals surface area contributed by atoms with Crippen LogP contribution in [-0.2, 0) is 0 Å². The average molecular weight is 352 g/mol. The Labute approximate surface area is 127 Å². The van der Waals surface area contributed by atoms with E-state index in [2.05, 4.69) is 0 Å². The molecule has 0 heterocycles. The highest BCUT2D eigenvalue weighted by Gasteiger charge is 2.56. The van der Waals surface area contributed by atoms with Gasteiger partial charge in [0.25, 0.3) is 0 Å². The molecular weight excluding hydrogens is 342 g/mol. The first-order chi connectivity index (χ1) is 8.46. The van der Waals surface area contributed by atoms with E-state index in [9.17, 15) is 0 Å². The fraction of sp³-hybridized carbons (Fsp3) is 0. The van der Waals surface area contributed by atoms with Gasteiger partial charge in [0.2, 0.25) is 0 Å². The Morgan fingerprint density at radius 1 is 0.500 bits per heavy atom. The fourth-order valence-electron chi connectivity index (χ4n) is 1.66. The highest BCUT2D eigenvalue weighted by atomic mass is 35.8. The minimum absolute atomic E-state index is 0.855. The largest absolute Gasteiger partial charge is 0.307 e. The molecule has 0 bridgehead atoms. The second-order valence-electron chi connectivity index (χ2n) is 3.88. The lowest BCUT2D eigenvalue weighted by atomic mass is 10.4. The molecule has 0 fully saturated rings. The summed E-state index contributed by atoms with van der Waals surface area (Å²) in [6.45, 7) is 0. The lowest BCUT2D eigenvalue weighted by Crippen LogP contribution is -2.63. The third kappa shape index (κ3) is 2.64. The second-order valence-corrected chi connectivity index (χ2v) is 23.6. The van der Waals surface area contributed by atoms with E-state index in [0.717, 1.165) is 10.4 Å². The summed E-state index contributed by atoms with van der Waals surface area (Å²) in [5.41, 5.74) is 0. The van der Waals surface area contributed by atoms with Gasteiger partial charge in [0.15, 0.2) is 0 Å². The molecule has 0 amide bonds. The second kappa shape index (κ2) is 5.57. The Bertz CT molecular complexity index is 465. The number of rotatable bonds is 3. The summed E-state index contributed by atoms with van der Waals surface area (Å²) in [5.74, 6) is 0. The molecule has 0 spiro atoms. The molecule has 6 heteroatoms. The summed E-state index contributed by atoms with van der Waals surface area (Å²) in [7, 11) is 0. The normalized spacial score (nSPS) is 12.4. The maximum Gasteiger partial charge on any atom is 0.307 e. The molecule has 0 saturated heterocycles. The van der Waals surface area contributed by atoms with Gasteiger partial charge in [-0.3, -0.25) is 0 Å². The Hall–Kier alpha value is 0.0338. The first kappa shape index (κ1) is 14.4. The summed E-state index contributed by atoms with van der Waals surface area (Å²) >= 11 is 26.4. The van der Waals surface area contributed by atoms with Crippen LogP contribution in [0.5, 0.6) is 0 Å². The van der Waals surface area contributed by atoms with Gasteiger partial charge < -0.3 is 0 Å². The Morgan fingerprint density at radius 2 is 0.778 bits per heavy atom. The van der Waals surface area contributed by atoms with Crippen LogP contribution in [0.2, 0.25) is 0 Å². The van der Waals surface area contributed by atoms with Crippen molar-refractivity contribution in [2.24, 2.45) is 0 Å². The third-order valence-electron chi connectivity index (χ3n) is 2.67. The standard InChI is InChI=1S/C12H10Cl4Si2/c13-17(14,11-7-3-1-4-8-11)18(15,16)12-9-5-2-6-10-12/h1-10H. The van der Waals surface area contributed by atoms with Crippen LogP contribution >= 0.6 is 44.3 Å². The van der Waals surface area contributed by atoms with Crippen LogP contribution in [0.15, 0.2) is 60.7 Å². The van der Waals surface area contributed by atoms with Crippen molar-refractivity contribution >= 4 is 67.1 Å². The van der Waals surface area contributed by atoms with E-state index in [1.165, 1.54) is 0 Å². The summed E-state index contributed by atoms with van der Waals surface area (Å²) in [6, 6.07) is 19.0. The Balaban J connectivity index is 2.47. The lowest BCUT2D eigenvalue weighted by Gasteiger charge is -2.28. The molecule has 0 aliphatic heterocycles. The van der Waals surface area contributed by atoms with Crippen molar-refractivity contribution in [3.63, 3.8) is 0 Å². The van der Waals surface area contributed by atoms with Crippen LogP contribution in [0.1, 0.15) is 0 Å². The molecule has 2 rings (SSSR count). The van der Waals surface area contributed by atoms with Crippen LogP contribution < -0.4 is 10.4 Å². The molecule has 0 saturated carbocycles. The van der Waals surface area contributed by atoms with Gasteiger partial charge in [-0.1, -0.05) is 60.7 Å². The van der Waals surface area contributed by atoms with Crippen molar-refractivity contribution in [1.82, 2.24) is 0 Å². The molecule has 0 unspecified atom stereocenters. The molecule has 0 N–H and O–H groups in total. The first-order valence-electron chi connectivity index (χ1n) is 5.33. The predicted octanol–water partition coefficient (Wildman–Crippen LogP) is 3.72. The van der Waals surface area contributed by atoms with Crippen molar-refractivity contribution in [3.05, 3.63) is 60.7 Å². The molecule has 0 atom stereocenters. The minimum Gasteiger partial charge on any atom is -0.140 e. The van der Waals surface area contributed by atoms with Crippen LogP contribution in [-0.4, -0.2) is 12.4 Å². The highest BCUT2D eigenvalue weighted by molar-refractivity contribution is 7.98. The van der Waals surface area contributed by atoms with Crippen LogP contribution in [0.25, 0.3) is 0 Å². The minimum atomic E-state index is -2.93. The van der Waals surface area contributed by atoms with Crippen molar-refractivity contribution in [1.29, 1.82) is 0 Å². The van der Waals surface area contributed by atoms with E-state index in [1.807, 2.05) is 60.7 Å². The fourth-order valence-corrected chi connectivity index (χ4v) is 12.2. The van der Waals surface area contributed by atoms with Gasteiger partial charge in [-0.2, -0.15) is 0 Å². The zero-order valence-electron chi connectivity index (χ0n) is 9.29. The highest BCUT2D eigenvalue weighted by Crippen LogP contribution is 2.33. The van der Waals surface area contributed by atoms with Crippen molar-refractivity contribution in [2.45, 2.75) is 0 Å². The Kier molecular flexibility index (Phi) is 4.47. The summed E-state index contributed by atoms with van der Waals surface area (Å²) in [4.78, 5) is 0. The summed E-state index contributed by atoms with van der Waals surface area (Å²) < 4.78 is 0. The van der Waals surface area contributed by atoms with E-state index in [4.69, 9.17) is 44.3 Å². The monoisotopic (exact) mass is 350 g/mol. The van der Waals surface area contributed by atoms with Gasteiger partial charge in [0.1, 0.15) is 0 Å². The molecule has 0 radical (unpaired) electrons. The zero-order valence-corrected chi connectivity index (χ0v) is 14.3. The third-order valence-corrected chi connectivity index (χ3v) is 26.0. The van der Waals surface area contributed by atoms with Gasteiger partial charge in [-0.15, -0.1) is 44.3 Å². The SMILES string of the molecule is Cl[Si](Cl)(c1ccccc1)[Si](Cl)(Cl)c1ccccc1. The van der Waals surface area contributed by atoms with Gasteiger partial charge >= 0.3 is 12.4 Å². The molecule has 0 nitrogen and oxygen atoms in total. The van der Waals surface area contributed by atoms with Crippen molar-refractivity contribution in [3.8, 4) is 0 Å². The average Bonchev–Trinajstić information content (AvgIpc) is 2.40. The Morgan fingerprint density at radius 3 is 1.06 bits per heavy atom. The lowest BCUT2D eigenvalue weighted by molar-refractivity contribution is 1.76. The predicted molar refractivity (Wildman–Crippen MR) is 87.1 cm³/mol. The maximum atomic E-state index is 6.59. The summed E-state index contributed by atoms with van der Waals surface area (Å²) in [5, 5.41) is 1.71. The van der Waals surface area contributed by atoms with E-state index >= 15 is 0 Å². The molecule has 2 aromatic rings. The van der Waals surface area contributed by atoms with E-state index in [-0.39, 0.29) is 0 Å². The molecule has 0 aromatic heterocycles. The van der Waals surface area contributed by atoms with E-state index in [0.29, 0.717) is 0 Å². The van der Waals surface area contributed by atoms with Crippen molar-refractivity contribution in [2.75, 3.05) is 0 Å². The molecule has 94 valence electrons. The van der Waals surface area contributed by atoms with Crippen LogP contribution in [0.3, 0.4) is 0 Å². The number of benzene rings is 2. The quantitative estimate of drug-likeness (QED) is 0.584. The molecule has 2 aromatic carbocycles. The molecular formula is C12H10Cl4Si2. The number of halogens is 4. The maximum absolute atomic E-state index is 6.59. The van der Waals surface area contributed by atoms with Crippen molar-refractivity contribution < 1.29 is 0 Å². The van der Waals surface area contributed by atoms with Crippen LogP contribution in [0, 0.1) is 0 Å².